The Hall–Kier alpha value is -1.27. The molecule has 0 aliphatic carbocycles. The highest BCUT2D eigenvalue weighted by atomic mass is 79.9. The summed E-state index contributed by atoms with van der Waals surface area (Å²) in [4.78, 5) is 14.1. The fourth-order valence-electron chi connectivity index (χ4n) is 3.49. The maximum Gasteiger partial charge on any atom is 0.410 e. The van der Waals surface area contributed by atoms with Crippen LogP contribution in [0.25, 0.3) is 0 Å². The largest absolute Gasteiger partial charge is 0.493 e. The smallest absolute Gasteiger partial charge is 0.410 e. The molecule has 2 atom stereocenters. The third kappa shape index (κ3) is 4.47. The van der Waals surface area contributed by atoms with Gasteiger partial charge in [-0.15, -0.1) is 0 Å². The lowest BCUT2D eigenvalue weighted by Crippen LogP contribution is -2.48. The van der Waals surface area contributed by atoms with Gasteiger partial charge in [-0.3, -0.25) is 0 Å². The van der Waals surface area contributed by atoms with E-state index in [1.165, 1.54) is 5.56 Å². The molecule has 2 heterocycles. The van der Waals surface area contributed by atoms with Crippen LogP contribution in [-0.4, -0.2) is 47.5 Å². The first kappa shape index (κ1) is 18.5. The number of carbonyl (C=O) groups is 1. The molecule has 3 rings (SSSR count). The van der Waals surface area contributed by atoms with Crippen molar-refractivity contribution >= 4 is 22.0 Å². The summed E-state index contributed by atoms with van der Waals surface area (Å²) in [5.41, 5.74) is 1.79. The molecule has 0 radical (unpaired) electrons. The van der Waals surface area contributed by atoms with Gasteiger partial charge in [-0.05, 0) is 56.9 Å². The van der Waals surface area contributed by atoms with E-state index >= 15 is 0 Å². The summed E-state index contributed by atoms with van der Waals surface area (Å²) in [6, 6.07) is 4.15. The van der Waals surface area contributed by atoms with Crippen molar-refractivity contribution in [3.8, 4) is 5.75 Å². The predicted molar refractivity (Wildman–Crippen MR) is 99.0 cm³/mol. The van der Waals surface area contributed by atoms with Gasteiger partial charge in [0.15, 0.2) is 0 Å². The zero-order valence-electron chi connectivity index (χ0n) is 15.0. The summed E-state index contributed by atoms with van der Waals surface area (Å²) in [5.74, 6) is 0.925. The molecule has 1 aromatic carbocycles. The summed E-state index contributed by atoms with van der Waals surface area (Å²) < 4.78 is 12.3. The number of likely N-dealkylation sites (tertiary alicyclic amines) is 1. The number of hydrogen-bond donors (Lipinski definition) is 1. The van der Waals surface area contributed by atoms with Gasteiger partial charge in [0.25, 0.3) is 0 Å². The number of piperidine rings is 1. The molecule has 2 aliphatic rings. The second kappa shape index (κ2) is 7.16. The number of nitrogens with zero attached hydrogens (tertiary/aromatic N) is 1. The van der Waals surface area contributed by atoms with Crippen LogP contribution in [0.2, 0.25) is 0 Å². The number of amides is 1. The van der Waals surface area contributed by atoms with Gasteiger partial charge in [-0.25, -0.2) is 4.79 Å². The van der Waals surface area contributed by atoms with Crippen LogP contribution in [0.3, 0.4) is 0 Å². The van der Waals surface area contributed by atoms with Crippen LogP contribution in [0, 0.1) is 5.92 Å². The van der Waals surface area contributed by atoms with Gasteiger partial charge < -0.3 is 19.5 Å². The van der Waals surface area contributed by atoms with E-state index < -0.39 is 11.7 Å². The molecule has 0 bridgehead atoms. The maximum atomic E-state index is 12.3. The first-order chi connectivity index (χ1) is 11.7. The van der Waals surface area contributed by atoms with E-state index in [4.69, 9.17) is 9.47 Å². The summed E-state index contributed by atoms with van der Waals surface area (Å²) in [5, 5.41) is 10.4. The lowest BCUT2D eigenvalue weighted by Gasteiger charge is -2.37. The quantitative estimate of drug-likeness (QED) is 0.808. The van der Waals surface area contributed by atoms with Crippen molar-refractivity contribution in [3.63, 3.8) is 0 Å². The summed E-state index contributed by atoms with van der Waals surface area (Å²) in [6.07, 6.45) is 1.44. The summed E-state index contributed by atoms with van der Waals surface area (Å²) >= 11 is 3.56. The highest BCUT2D eigenvalue weighted by molar-refractivity contribution is 9.10. The fourth-order valence-corrected chi connectivity index (χ4v) is 4.05. The average Bonchev–Trinajstić information content (AvgIpc) is 2.95. The molecule has 1 saturated heterocycles. The molecule has 5 nitrogen and oxygen atoms in total. The Morgan fingerprint density at radius 1 is 1.44 bits per heavy atom. The molecule has 1 amide bonds. The molecule has 25 heavy (non-hydrogen) atoms. The number of ether oxygens (including phenoxy) is 2. The second-order valence-corrected chi connectivity index (χ2v) is 8.81. The van der Waals surface area contributed by atoms with Crippen molar-refractivity contribution in [2.75, 3.05) is 19.7 Å². The number of aliphatic hydroxyl groups is 1. The van der Waals surface area contributed by atoms with E-state index in [0.29, 0.717) is 32.5 Å². The first-order valence-corrected chi connectivity index (χ1v) is 9.62. The third-order valence-electron chi connectivity index (χ3n) is 4.65. The number of rotatable bonds is 2. The Balaban J connectivity index is 1.73. The third-order valence-corrected chi connectivity index (χ3v) is 5.11. The van der Waals surface area contributed by atoms with Crippen LogP contribution < -0.4 is 4.74 Å². The summed E-state index contributed by atoms with van der Waals surface area (Å²) in [6.45, 7) is 7.32. The van der Waals surface area contributed by atoms with Crippen LogP contribution in [0.5, 0.6) is 5.75 Å². The molecule has 0 spiro atoms. The Labute approximate surface area is 157 Å². The van der Waals surface area contributed by atoms with Gasteiger partial charge in [0.2, 0.25) is 0 Å². The van der Waals surface area contributed by atoms with Crippen molar-refractivity contribution in [1.29, 1.82) is 0 Å². The standard InChI is InChI=1S/C19H26BrNO4/c1-19(2,3)25-18(23)21-6-4-16(22)14(11-21)8-13-10-15(20)9-12-5-7-24-17(12)13/h9-10,14,16,22H,4-8,11H2,1-3H3. The van der Waals surface area contributed by atoms with Crippen molar-refractivity contribution in [2.45, 2.75) is 51.7 Å². The number of hydrogen-bond acceptors (Lipinski definition) is 4. The normalized spacial score (nSPS) is 23.2. The van der Waals surface area contributed by atoms with E-state index in [1.807, 2.05) is 20.8 Å². The van der Waals surface area contributed by atoms with Crippen LogP contribution in [-0.2, 0) is 17.6 Å². The van der Waals surface area contributed by atoms with Crippen molar-refractivity contribution in [1.82, 2.24) is 4.90 Å². The highest BCUT2D eigenvalue weighted by Crippen LogP contribution is 2.35. The van der Waals surface area contributed by atoms with E-state index in [9.17, 15) is 9.90 Å². The number of halogens is 1. The zero-order valence-corrected chi connectivity index (χ0v) is 16.6. The SMILES string of the molecule is CC(C)(C)OC(=O)N1CCC(O)C(Cc2cc(Br)cc3c2OCC3)C1. The monoisotopic (exact) mass is 411 g/mol. The molecule has 0 saturated carbocycles. The minimum absolute atomic E-state index is 0.0242. The van der Waals surface area contributed by atoms with Crippen LogP contribution in [0.4, 0.5) is 4.79 Å². The number of carbonyl (C=O) groups excluding carboxylic acids is 1. The topological polar surface area (TPSA) is 59.0 Å². The Morgan fingerprint density at radius 3 is 2.92 bits per heavy atom. The van der Waals surface area contributed by atoms with Crippen molar-refractivity contribution < 1.29 is 19.4 Å². The van der Waals surface area contributed by atoms with Gasteiger partial charge in [0.1, 0.15) is 11.4 Å². The molecular formula is C19H26BrNO4. The molecule has 138 valence electrons. The minimum atomic E-state index is -0.512. The molecule has 2 unspecified atom stereocenters. The van der Waals surface area contributed by atoms with Crippen molar-refractivity contribution in [2.24, 2.45) is 5.92 Å². The number of fused-ring (bicyclic) bond motifs is 1. The van der Waals surface area contributed by atoms with Crippen LogP contribution >= 0.6 is 15.9 Å². The second-order valence-electron chi connectivity index (χ2n) is 7.90. The van der Waals surface area contributed by atoms with Crippen LogP contribution in [0.15, 0.2) is 16.6 Å². The van der Waals surface area contributed by atoms with E-state index in [2.05, 4.69) is 28.1 Å². The minimum Gasteiger partial charge on any atom is -0.493 e. The average molecular weight is 412 g/mol. The highest BCUT2D eigenvalue weighted by Gasteiger charge is 2.33. The predicted octanol–water partition coefficient (Wildman–Crippen LogP) is 3.54. The Kier molecular flexibility index (Phi) is 5.30. The molecule has 1 aromatic rings. The molecule has 6 heteroatoms. The molecule has 1 N–H and O–H groups in total. The van der Waals surface area contributed by atoms with Gasteiger partial charge >= 0.3 is 6.09 Å². The van der Waals surface area contributed by atoms with Crippen LogP contribution in [0.1, 0.15) is 38.3 Å². The Bertz CT molecular complexity index is 656. The Morgan fingerprint density at radius 2 is 2.20 bits per heavy atom. The number of benzene rings is 1. The summed E-state index contributed by atoms with van der Waals surface area (Å²) in [7, 11) is 0. The fraction of sp³-hybridized carbons (Fsp3) is 0.632. The lowest BCUT2D eigenvalue weighted by atomic mass is 9.88. The van der Waals surface area contributed by atoms with E-state index in [-0.39, 0.29) is 12.0 Å². The zero-order chi connectivity index (χ0) is 18.2. The molecule has 0 aromatic heterocycles. The first-order valence-electron chi connectivity index (χ1n) is 8.83. The van der Waals surface area contributed by atoms with E-state index in [1.54, 1.807) is 4.90 Å². The molecular weight excluding hydrogens is 386 g/mol. The van der Waals surface area contributed by atoms with Crippen molar-refractivity contribution in [3.05, 3.63) is 27.7 Å². The number of aliphatic hydroxyl groups excluding tert-OH is 1. The van der Waals surface area contributed by atoms with Gasteiger partial charge in [0, 0.05) is 29.9 Å². The van der Waals surface area contributed by atoms with Gasteiger partial charge in [-0.1, -0.05) is 15.9 Å². The van der Waals surface area contributed by atoms with E-state index in [0.717, 1.165) is 22.2 Å². The maximum absolute atomic E-state index is 12.3. The van der Waals surface area contributed by atoms with Gasteiger partial charge in [-0.2, -0.15) is 0 Å². The molecule has 1 fully saturated rings. The molecule has 2 aliphatic heterocycles. The van der Waals surface area contributed by atoms with Gasteiger partial charge in [0.05, 0.1) is 12.7 Å². The lowest BCUT2D eigenvalue weighted by molar-refractivity contribution is -0.00830.